The average molecular weight is 428 g/mol. The summed E-state index contributed by atoms with van der Waals surface area (Å²) in [5.74, 6) is -0.164. The van der Waals surface area contributed by atoms with E-state index in [9.17, 15) is 9.59 Å². The molecule has 116 valence electrons. The van der Waals surface area contributed by atoms with Gasteiger partial charge in [-0.2, -0.15) is 0 Å². The molecule has 0 N–H and O–H groups in total. The van der Waals surface area contributed by atoms with Crippen LogP contribution in [0.1, 0.15) is 12.8 Å². The smallest absolute Gasteiger partial charge is 0.228 e. The van der Waals surface area contributed by atoms with Gasteiger partial charge in [0.15, 0.2) is 0 Å². The maximum atomic E-state index is 12.6. The Hall–Kier alpha value is -1.14. The standard InChI is InChI=1S/C16H16Br2N2O2/c17-12-4-3-7-19(10-12)16(22)11-8-15(21)20(9-11)14-6-2-1-5-13(14)18/h1-2,4-6,11H,3,7-10H2/t11-/m0/s1. The first-order chi connectivity index (χ1) is 10.6. The normalized spacial score (nSPS) is 22.0. The number of anilines is 1. The molecule has 2 aliphatic rings. The van der Waals surface area contributed by atoms with Crippen LogP contribution >= 0.6 is 31.9 Å². The predicted molar refractivity (Wildman–Crippen MR) is 92.8 cm³/mol. The van der Waals surface area contributed by atoms with Crippen LogP contribution in [0.2, 0.25) is 0 Å². The average Bonchev–Trinajstić information content (AvgIpc) is 2.89. The van der Waals surface area contributed by atoms with Crippen LogP contribution in [0, 0.1) is 5.92 Å². The van der Waals surface area contributed by atoms with Gasteiger partial charge in [-0.3, -0.25) is 9.59 Å². The number of rotatable bonds is 2. The quantitative estimate of drug-likeness (QED) is 0.726. The molecular formula is C16H16Br2N2O2. The number of nitrogens with zero attached hydrogens (tertiary/aromatic N) is 2. The Labute approximate surface area is 146 Å². The first-order valence-corrected chi connectivity index (χ1v) is 8.83. The van der Waals surface area contributed by atoms with E-state index < -0.39 is 0 Å². The lowest BCUT2D eigenvalue weighted by atomic mass is 10.1. The van der Waals surface area contributed by atoms with Crippen LogP contribution in [-0.4, -0.2) is 36.3 Å². The maximum absolute atomic E-state index is 12.6. The molecular weight excluding hydrogens is 412 g/mol. The second-order valence-electron chi connectivity index (χ2n) is 5.56. The van der Waals surface area contributed by atoms with Crippen molar-refractivity contribution in [2.24, 2.45) is 5.92 Å². The highest BCUT2D eigenvalue weighted by Crippen LogP contribution is 2.32. The van der Waals surface area contributed by atoms with E-state index in [1.807, 2.05) is 29.2 Å². The van der Waals surface area contributed by atoms with Crippen LogP contribution in [0.25, 0.3) is 0 Å². The van der Waals surface area contributed by atoms with Gasteiger partial charge in [-0.15, -0.1) is 0 Å². The van der Waals surface area contributed by atoms with Crippen molar-refractivity contribution in [3.8, 4) is 0 Å². The first-order valence-electron chi connectivity index (χ1n) is 7.24. The summed E-state index contributed by atoms with van der Waals surface area (Å²) in [4.78, 5) is 28.5. The van der Waals surface area contributed by atoms with Crippen molar-refractivity contribution in [3.05, 3.63) is 39.3 Å². The molecule has 0 radical (unpaired) electrons. The SMILES string of the molecule is O=C([C@H]1CC(=O)N(c2ccccc2Br)C1)N1CCC=C(Br)C1. The Morgan fingerprint density at radius 2 is 2.00 bits per heavy atom. The van der Waals surface area contributed by atoms with Gasteiger partial charge in [0.05, 0.1) is 18.2 Å². The van der Waals surface area contributed by atoms with E-state index in [4.69, 9.17) is 0 Å². The number of amides is 2. The fraction of sp³-hybridized carbons (Fsp3) is 0.375. The van der Waals surface area contributed by atoms with Gasteiger partial charge >= 0.3 is 0 Å². The molecule has 0 spiro atoms. The highest BCUT2D eigenvalue weighted by atomic mass is 79.9. The number of hydrogen-bond donors (Lipinski definition) is 0. The number of benzene rings is 1. The minimum Gasteiger partial charge on any atom is -0.337 e. The zero-order chi connectivity index (χ0) is 15.7. The summed E-state index contributed by atoms with van der Waals surface area (Å²) >= 11 is 6.93. The van der Waals surface area contributed by atoms with Crippen molar-refractivity contribution in [2.75, 3.05) is 24.5 Å². The van der Waals surface area contributed by atoms with Gasteiger partial charge in [-0.25, -0.2) is 0 Å². The van der Waals surface area contributed by atoms with Crippen LogP contribution in [-0.2, 0) is 9.59 Å². The summed E-state index contributed by atoms with van der Waals surface area (Å²) in [5, 5.41) is 0. The highest BCUT2D eigenvalue weighted by Gasteiger charge is 2.38. The molecule has 1 fully saturated rings. The van der Waals surface area contributed by atoms with E-state index in [1.54, 1.807) is 4.90 Å². The summed E-state index contributed by atoms with van der Waals surface area (Å²) in [5.41, 5.74) is 0.836. The molecule has 0 bridgehead atoms. The second-order valence-corrected chi connectivity index (χ2v) is 7.43. The van der Waals surface area contributed by atoms with Crippen molar-refractivity contribution < 1.29 is 9.59 Å². The predicted octanol–water partition coefficient (Wildman–Crippen LogP) is 3.31. The van der Waals surface area contributed by atoms with Crippen molar-refractivity contribution in [1.29, 1.82) is 0 Å². The Bertz CT molecular complexity index is 645. The Balaban J connectivity index is 1.73. The van der Waals surface area contributed by atoms with Crippen molar-refractivity contribution in [2.45, 2.75) is 12.8 Å². The summed E-state index contributed by atoms with van der Waals surface area (Å²) in [6.07, 6.45) is 3.25. The molecule has 22 heavy (non-hydrogen) atoms. The van der Waals surface area contributed by atoms with Gasteiger partial charge in [0.2, 0.25) is 11.8 Å². The molecule has 0 aliphatic carbocycles. The lowest BCUT2D eigenvalue weighted by molar-refractivity contribution is -0.135. The minimum atomic E-state index is -0.252. The summed E-state index contributed by atoms with van der Waals surface area (Å²) in [7, 11) is 0. The Kier molecular flexibility index (Phi) is 4.68. The van der Waals surface area contributed by atoms with E-state index in [-0.39, 0.29) is 24.2 Å². The molecule has 1 atom stereocenters. The minimum absolute atomic E-state index is 0.0110. The van der Waals surface area contributed by atoms with Gasteiger partial charge in [0.1, 0.15) is 0 Å². The van der Waals surface area contributed by atoms with Crippen molar-refractivity contribution >= 4 is 49.4 Å². The Morgan fingerprint density at radius 3 is 2.73 bits per heavy atom. The third-order valence-electron chi connectivity index (χ3n) is 4.04. The molecule has 0 unspecified atom stereocenters. The Morgan fingerprint density at radius 1 is 1.23 bits per heavy atom. The molecule has 2 amide bonds. The first kappa shape index (κ1) is 15.7. The van der Waals surface area contributed by atoms with E-state index in [1.165, 1.54) is 0 Å². The van der Waals surface area contributed by atoms with Crippen LogP contribution in [0.15, 0.2) is 39.3 Å². The second kappa shape index (κ2) is 6.54. The van der Waals surface area contributed by atoms with Crippen molar-refractivity contribution in [3.63, 3.8) is 0 Å². The van der Waals surface area contributed by atoms with Gasteiger partial charge in [0, 0.05) is 28.5 Å². The fourth-order valence-corrected chi connectivity index (χ4v) is 3.96. The molecule has 1 aromatic carbocycles. The number of carbonyl (C=O) groups excluding carboxylic acids is 2. The van der Waals surface area contributed by atoms with Gasteiger partial charge in [0.25, 0.3) is 0 Å². The molecule has 2 heterocycles. The fourth-order valence-electron chi connectivity index (χ4n) is 2.93. The maximum Gasteiger partial charge on any atom is 0.228 e. The van der Waals surface area contributed by atoms with Crippen LogP contribution < -0.4 is 4.90 Å². The largest absolute Gasteiger partial charge is 0.337 e. The van der Waals surface area contributed by atoms with E-state index in [0.717, 1.165) is 27.6 Å². The molecule has 6 heteroatoms. The van der Waals surface area contributed by atoms with Gasteiger partial charge < -0.3 is 9.80 Å². The molecule has 0 saturated carbocycles. The molecule has 1 saturated heterocycles. The monoisotopic (exact) mass is 426 g/mol. The number of hydrogen-bond acceptors (Lipinski definition) is 2. The molecule has 1 aromatic rings. The lowest BCUT2D eigenvalue weighted by Gasteiger charge is -2.28. The summed E-state index contributed by atoms with van der Waals surface area (Å²) in [6, 6.07) is 7.61. The highest BCUT2D eigenvalue weighted by molar-refractivity contribution is 9.11. The third-order valence-corrected chi connectivity index (χ3v) is 5.28. The van der Waals surface area contributed by atoms with Crippen LogP contribution in [0.5, 0.6) is 0 Å². The molecule has 0 aromatic heterocycles. The van der Waals surface area contributed by atoms with E-state index in [2.05, 4.69) is 37.9 Å². The van der Waals surface area contributed by atoms with Crippen LogP contribution in [0.4, 0.5) is 5.69 Å². The summed E-state index contributed by atoms with van der Waals surface area (Å²) in [6.45, 7) is 1.80. The van der Waals surface area contributed by atoms with Crippen LogP contribution in [0.3, 0.4) is 0 Å². The van der Waals surface area contributed by atoms with Crippen molar-refractivity contribution in [1.82, 2.24) is 4.90 Å². The third kappa shape index (κ3) is 3.13. The zero-order valence-corrected chi connectivity index (χ0v) is 15.1. The van der Waals surface area contributed by atoms with E-state index >= 15 is 0 Å². The summed E-state index contributed by atoms with van der Waals surface area (Å²) < 4.78 is 1.92. The number of halogens is 2. The lowest BCUT2D eigenvalue weighted by Crippen LogP contribution is -2.40. The molecule has 2 aliphatic heterocycles. The number of carbonyl (C=O) groups is 2. The number of para-hydroxylation sites is 1. The molecule has 4 nitrogen and oxygen atoms in total. The molecule has 3 rings (SSSR count). The van der Waals surface area contributed by atoms with E-state index in [0.29, 0.717) is 13.1 Å². The van der Waals surface area contributed by atoms with Gasteiger partial charge in [-0.1, -0.05) is 34.1 Å². The topological polar surface area (TPSA) is 40.6 Å². The van der Waals surface area contributed by atoms with Gasteiger partial charge in [-0.05, 0) is 34.5 Å². The zero-order valence-electron chi connectivity index (χ0n) is 12.0.